The second-order valence-electron chi connectivity index (χ2n) is 14.0. The Morgan fingerprint density at radius 1 is 0.455 bits per heavy atom. The first-order valence-electron chi connectivity index (χ1n) is 14.8. The van der Waals surface area contributed by atoms with Crippen LogP contribution >= 0.6 is 0 Å². The maximum atomic E-state index is 11.3. The summed E-state index contributed by atoms with van der Waals surface area (Å²) in [4.78, 5) is 0. The lowest BCUT2D eigenvalue weighted by Crippen LogP contribution is -2.68. The van der Waals surface area contributed by atoms with Crippen LogP contribution in [-0.4, -0.2) is 169 Å². The molecular weight excluding hydrogens is 592 g/mol. The van der Waals surface area contributed by atoms with E-state index in [0.717, 1.165) is 0 Å². The molecule has 16 heteroatoms. The van der Waals surface area contributed by atoms with Gasteiger partial charge in [-0.1, -0.05) is 41.5 Å². The molecule has 260 valence electrons. The van der Waals surface area contributed by atoms with Gasteiger partial charge in [0, 0.05) is 0 Å². The van der Waals surface area contributed by atoms with Gasteiger partial charge in [-0.25, -0.2) is 0 Å². The quantitative estimate of drug-likeness (QED) is 0.116. The Labute approximate surface area is 256 Å². The van der Waals surface area contributed by atoms with Gasteiger partial charge in [0.25, 0.3) is 0 Å². The summed E-state index contributed by atoms with van der Waals surface area (Å²) < 4.78 is 35.7. The fourth-order valence-electron chi connectivity index (χ4n) is 5.82. The molecule has 3 aliphatic heterocycles. The molecule has 0 aliphatic carbocycles. The number of aliphatic hydroxyl groups is 10. The van der Waals surface area contributed by atoms with E-state index in [1.165, 1.54) is 0 Å². The topological polar surface area (TPSA) is 258 Å². The lowest BCUT2D eigenvalue weighted by molar-refractivity contribution is -0.407. The average Bonchev–Trinajstić information content (AvgIpc) is 2.94. The number of rotatable bonds is 9. The molecule has 0 amide bonds. The highest BCUT2D eigenvalue weighted by Crippen LogP contribution is 2.48. The molecule has 44 heavy (non-hydrogen) atoms. The highest BCUT2D eigenvalue weighted by molar-refractivity contribution is 5.01. The summed E-state index contributed by atoms with van der Waals surface area (Å²) in [5.74, 6) is 0. The summed E-state index contributed by atoms with van der Waals surface area (Å²) in [6.45, 7) is 11.1. The summed E-state index contributed by atoms with van der Waals surface area (Å²) in [7, 11) is 0. The van der Waals surface area contributed by atoms with Gasteiger partial charge in [0.2, 0.25) is 0 Å². The molecule has 15 atom stereocenters. The van der Waals surface area contributed by atoms with Gasteiger partial charge >= 0.3 is 0 Å². The Morgan fingerprint density at radius 2 is 0.795 bits per heavy atom. The molecule has 0 aromatic rings. The van der Waals surface area contributed by atoms with Crippen molar-refractivity contribution in [2.75, 3.05) is 19.8 Å². The molecular formula is C28H52O16. The van der Waals surface area contributed by atoms with E-state index >= 15 is 0 Å². The van der Waals surface area contributed by atoms with E-state index < -0.39 is 128 Å². The first-order valence-corrected chi connectivity index (χ1v) is 14.8. The normalized spacial score (nSPS) is 44.5. The number of aliphatic hydroxyl groups excluding tert-OH is 10. The third kappa shape index (κ3) is 7.26. The molecule has 7 unspecified atom stereocenters. The SMILES string of the molecule is CC(C)(C)C(C)(OC1OC(CO)C(O)C(OC2O[C@H](CO)[C@@H](O)[C@H](O)[C@@H]2O)C1OC1O[C@H](CO)[C@@H](O)[C@H](O)[C@@H]1O)C(C)(C)C. The van der Waals surface area contributed by atoms with Crippen molar-refractivity contribution in [2.24, 2.45) is 10.8 Å². The largest absolute Gasteiger partial charge is 0.394 e. The van der Waals surface area contributed by atoms with Gasteiger partial charge < -0.3 is 79.5 Å². The summed E-state index contributed by atoms with van der Waals surface area (Å²) in [6, 6.07) is 0. The van der Waals surface area contributed by atoms with Crippen LogP contribution in [0.15, 0.2) is 0 Å². The van der Waals surface area contributed by atoms with Crippen LogP contribution in [0.2, 0.25) is 0 Å². The first kappa shape index (κ1) is 37.8. The molecule has 0 spiro atoms. The smallest absolute Gasteiger partial charge is 0.187 e. The molecule has 3 aliphatic rings. The third-order valence-electron chi connectivity index (χ3n) is 9.29. The lowest BCUT2D eigenvalue weighted by Gasteiger charge is -2.55. The van der Waals surface area contributed by atoms with Crippen LogP contribution in [0.1, 0.15) is 48.5 Å². The van der Waals surface area contributed by atoms with Gasteiger partial charge in [0.1, 0.15) is 73.2 Å². The van der Waals surface area contributed by atoms with Crippen LogP contribution in [0.3, 0.4) is 0 Å². The summed E-state index contributed by atoms with van der Waals surface area (Å²) in [5.41, 5.74) is -2.17. The molecule has 0 saturated carbocycles. The van der Waals surface area contributed by atoms with Crippen molar-refractivity contribution in [1.82, 2.24) is 0 Å². The highest BCUT2D eigenvalue weighted by atomic mass is 16.8. The van der Waals surface area contributed by atoms with Crippen molar-refractivity contribution < 1.29 is 79.5 Å². The van der Waals surface area contributed by atoms with Crippen molar-refractivity contribution >= 4 is 0 Å². The Morgan fingerprint density at radius 3 is 1.16 bits per heavy atom. The monoisotopic (exact) mass is 644 g/mol. The molecule has 3 saturated heterocycles. The molecule has 0 bridgehead atoms. The Kier molecular flexibility index (Phi) is 12.2. The minimum Gasteiger partial charge on any atom is -0.394 e. The van der Waals surface area contributed by atoms with E-state index in [4.69, 9.17) is 28.4 Å². The predicted octanol–water partition coefficient (Wildman–Crippen LogP) is -3.70. The zero-order valence-electron chi connectivity index (χ0n) is 26.2. The predicted molar refractivity (Wildman–Crippen MR) is 147 cm³/mol. The van der Waals surface area contributed by atoms with Crippen molar-refractivity contribution in [3.8, 4) is 0 Å². The summed E-state index contributed by atoms with van der Waals surface area (Å²) in [6.07, 6.45) is -24.8. The molecule has 0 radical (unpaired) electrons. The van der Waals surface area contributed by atoms with Crippen molar-refractivity contribution in [3.05, 3.63) is 0 Å². The number of hydrogen-bond acceptors (Lipinski definition) is 16. The zero-order chi connectivity index (χ0) is 33.5. The van der Waals surface area contributed by atoms with E-state index in [2.05, 4.69) is 0 Å². The lowest BCUT2D eigenvalue weighted by atomic mass is 9.63. The Bertz CT molecular complexity index is 891. The molecule has 16 nitrogen and oxygen atoms in total. The molecule has 0 aromatic carbocycles. The van der Waals surface area contributed by atoms with E-state index in [-0.39, 0.29) is 0 Å². The van der Waals surface area contributed by atoms with Crippen LogP contribution < -0.4 is 0 Å². The maximum absolute atomic E-state index is 11.3. The molecule has 10 N–H and O–H groups in total. The maximum Gasteiger partial charge on any atom is 0.187 e. The average molecular weight is 645 g/mol. The van der Waals surface area contributed by atoms with Crippen molar-refractivity contribution in [2.45, 2.75) is 146 Å². The zero-order valence-corrected chi connectivity index (χ0v) is 26.2. The van der Waals surface area contributed by atoms with Gasteiger partial charge in [0.05, 0.1) is 25.4 Å². The van der Waals surface area contributed by atoms with Crippen LogP contribution in [0.25, 0.3) is 0 Å². The number of ether oxygens (including phenoxy) is 6. The van der Waals surface area contributed by atoms with E-state index in [1.807, 2.05) is 48.5 Å². The summed E-state index contributed by atoms with van der Waals surface area (Å²) in [5, 5.41) is 103. The minimum absolute atomic E-state index is 0.569. The van der Waals surface area contributed by atoms with Crippen molar-refractivity contribution in [3.63, 3.8) is 0 Å². The Balaban J connectivity index is 2.08. The molecule has 3 rings (SSSR count). The first-order chi connectivity index (χ1) is 20.2. The van der Waals surface area contributed by atoms with Crippen molar-refractivity contribution in [1.29, 1.82) is 0 Å². The highest BCUT2D eigenvalue weighted by Gasteiger charge is 2.58. The summed E-state index contributed by atoms with van der Waals surface area (Å²) >= 11 is 0. The van der Waals surface area contributed by atoms with Gasteiger partial charge in [-0.05, 0) is 17.8 Å². The fourth-order valence-corrected chi connectivity index (χ4v) is 5.82. The van der Waals surface area contributed by atoms with Crippen LogP contribution in [-0.2, 0) is 28.4 Å². The second kappa shape index (κ2) is 14.2. The molecule has 0 aromatic heterocycles. The van der Waals surface area contributed by atoms with Crippen LogP contribution in [0, 0.1) is 10.8 Å². The molecule has 3 heterocycles. The van der Waals surface area contributed by atoms with Gasteiger partial charge in [-0.3, -0.25) is 0 Å². The minimum atomic E-state index is -1.88. The fraction of sp³-hybridized carbons (Fsp3) is 1.00. The Hall–Kier alpha value is -0.640. The van der Waals surface area contributed by atoms with Gasteiger partial charge in [-0.15, -0.1) is 0 Å². The number of hydrogen-bond donors (Lipinski definition) is 10. The second-order valence-corrected chi connectivity index (χ2v) is 14.0. The van der Waals surface area contributed by atoms with E-state index in [1.54, 1.807) is 0 Å². The van der Waals surface area contributed by atoms with Crippen LogP contribution in [0.5, 0.6) is 0 Å². The van der Waals surface area contributed by atoms with E-state index in [9.17, 15) is 51.1 Å². The third-order valence-corrected chi connectivity index (χ3v) is 9.29. The molecule has 3 fully saturated rings. The standard InChI is InChI=1S/C28H52O16/c1-26(2,3)28(7,27(4,5)6)44-25-22(43-24-20(38)18(36)15(33)12(9-30)40-24)21(16(34)13(10-31)41-25)42-23-19(37)17(35)14(32)11(8-29)39-23/h11-25,29-38H,8-10H2,1-7H3/t11-,12-,13?,14-,15-,16?,17+,18+,19+,20+,21?,22?,23?,24?,25?/m1/s1. The van der Waals surface area contributed by atoms with Gasteiger partial charge in [-0.2, -0.15) is 0 Å². The van der Waals surface area contributed by atoms with Gasteiger partial charge in [0.15, 0.2) is 18.9 Å². The van der Waals surface area contributed by atoms with E-state index in [0.29, 0.717) is 0 Å². The van der Waals surface area contributed by atoms with Crippen LogP contribution in [0.4, 0.5) is 0 Å².